The molecule has 0 bridgehead atoms. The summed E-state index contributed by atoms with van der Waals surface area (Å²) in [5.74, 6) is 0.449. The van der Waals surface area contributed by atoms with Crippen LogP contribution in [0.25, 0.3) is 0 Å². The number of hydrogen-bond acceptors (Lipinski definition) is 3. The summed E-state index contributed by atoms with van der Waals surface area (Å²) in [6.07, 6.45) is 3.40. The van der Waals surface area contributed by atoms with E-state index in [2.05, 4.69) is 20.9 Å². The number of likely N-dealkylation sites (tertiary alicyclic amines) is 1. The molecule has 0 saturated carbocycles. The molecule has 2 rings (SSSR count). The third kappa shape index (κ3) is 2.84. The quantitative estimate of drug-likeness (QED) is 0.864. The molecule has 17 heavy (non-hydrogen) atoms. The predicted molar refractivity (Wildman–Crippen MR) is 67.7 cm³/mol. The van der Waals surface area contributed by atoms with Crippen molar-refractivity contribution < 1.29 is 9.90 Å². The lowest BCUT2D eigenvalue weighted by Gasteiger charge is -2.16. The highest BCUT2D eigenvalue weighted by Crippen LogP contribution is 2.23. The largest absolute Gasteiger partial charge is 0.396 e. The third-order valence-electron chi connectivity index (χ3n) is 3.10. The molecule has 0 aliphatic carbocycles. The van der Waals surface area contributed by atoms with Gasteiger partial charge in [0.1, 0.15) is 4.60 Å². The molecule has 0 aromatic carbocycles. The lowest BCUT2D eigenvalue weighted by Crippen LogP contribution is -2.29. The van der Waals surface area contributed by atoms with Gasteiger partial charge in [-0.05, 0) is 46.8 Å². The fraction of sp³-hybridized carbons (Fsp3) is 0.500. The average molecular weight is 299 g/mol. The number of carbonyl (C=O) groups is 1. The zero-order chi connectivity index (χ0) is 12.3. The summed E-state index contributed by atoms with van der Waals surface area (Å²) in [4.78, 5) is 18.1. The maximum atomic E-state index is 12.2. The van der Waals surface area contributed by atoms with E-state index in [1.165, 1.54) is 0 Å². The van der Waals surface area contributed by atoms with Gasteiger partial charge in [0.25, 0.3) is 5.91 Å². The van der Waals surface area contributed by atoms with Crippen LogP contribution in [0, 0.1) is 5.92 Å². The molecule has 92 valence electrons. The second-order valence-corrected chi connectivity index (χ2v) is 5.01. The van der Waals surface area contributed by atoms with Crippen LogP contribution in [-0.2, 0) is 0 Å². The van der Waals surface area contributed by atoms with Crippen LogP contribution < -0.4 is 0 Å². The van der Waals surface area contributed by atoms with Gasteiger partial charge < -0.3 is 10.0 Å². The van der Waals surface area contributed by atoms with Crippen LogP contribution in [0.2, 0.25) is 0 Å². The summed E-state index contributed by atoms with van der Waals surface area (Å²) in [5, 5.41) is 8.89. The number of halogens is 1. The Morgan fingerprint density at radius 3 is 3.18 bits per heavy atom. The molecule has 1 unspecified atom stereocenters. The van der Waals surface area contributed by atoms with Crippen LogP contribution >= 0.6 is 15.9 Å². The number of aromatic nitrogens is 1. The Morgan fingerprint density at radius 2 is 2.47 bits per heavy atom. The minimum absolute atomic E-state index is 0.0189. The van der Waals surface area contributed by atoms with Crippen LogP contribution in [0.4, 0.5) is 0 Å². The molecule has 1 N–H and O–H groups in total. The van der Waals surface area contributed by atoms with Gasteiger partial charge >= 0.3 is 0 Å². The summed E-state index contributed by atoms with van der Waals surface area (Å²) in [5.41, 5.74) is 0.608. The molecule has 1 fully saturated rings. The van der Waals surface area contributed by atoms with Crippen molar-refractivity contribution in [2.24, 2.45) is 5.92 Å². The molecule has 0 spiro atoms. The fourth-order valence-electron chi connectivity index (χ4n) is 2.15. The predicted octanol–water partition coefficient (Wildman–Crippen LogP) is 1.69. The SMILES string of the molecule is O=C(c1cccnc1Br)N1CCC(CCO)C1. The van der Waals surface area contributed by atoms with Gasteiger partial charge in [-0.3, -0.25) is 4.79 Å². The van der Waals surface area contributed by atoms with Crippen LogP contribution in [0.15, 0.2) is 22.9 Å². The zero-order valence-corrected chi connectivity index (χ0v) is 11.1. The highest BCUT2D eigenvalue weighted by atomic mass is 79.9. The Kier molecular flexibility index (Phi) is 4.12. The summed E-state index contributed by atoms with van der Waals surface area (Å²) in [6.45, 7) is 1.70. The minimum Gasteiger partial charge on any atom is -0.396 e. The lowest BCUT2D eigenvalue weighted by atomic mass is 10.1. The Balaban J connectivity index is 2.05. The van der Waals surface area contributed by atoms with Crippen molar-refractivity contribution in [1.82, 2.24) is 9.88 Å². The number of pyridine rings is 1. The number of aliphatic hydroxyl groups is 1. The molecule has 1 aliphatic heterocycles. The fourth-order valence-corrected chi connectivity index (χ4v) is 2.57. The lowest BCUT2D eigenvalue weighted by molar-refractivity contribution is 0.0783. The number of carbonyl (C=O) groups excluding carboxylic acids is 1. The van der Waals surface area contributed by atoms with E-state index >= 15 is 0 Å². The first kappa shape index (κ1) is 12.5. The second kappa shape index (κ2) is 5.60. The van der Waals surface area contributed by atoms with Crippen LogP contribution in [0.5, 0.6) is 0 Å². The van der Waals surface area contributed by atoms with Gasteiger partial charge in [-0.1, -0.05) is 0 Å². The summed E-state index contributed by atoms with van der Waals surface area (Å²) in [7, 11) is 0. The molecule has 1 aromatic rings. The van der Waals surface area contributed by atoms with E-state index in [9.17, 15) is 4.79 Å². The van der Waals surface area contributed by atoms with Gasteiger partial charge in [0.15, 0.2) is 0 Å². The number of nitrogens with zero attached hydrogens (tertiary/aromatic N) is 2. The molecule has 5 heteroatoms. The maximum absolute atomic E-state index is 12.2. The highest BCUT2D eigenvalue weighted by molar-refractivity contribution is 9.10. The van der Waals surface area contributed by atoms with Crippen molar-refractivity contribution in [2.75, 3.05) is 19.7 Å². The average Bonchev–Trinajstić information content (AvgIpc) is 2.78. The molecule has 1 saturated heterocycles. The smallest absolute Gasteiger partial charge is 0.256 e. The van der Waals surface area contributed by atoms with E-state index in [-0.39, 0.29) is 12.5 Å². The summed E-state index contributed by atoms with van der Waals surface area (Å²) in [6, 6.07) is 3.54. The molecule has 1 aliphatic rings. The zero-order valence-electron chi connectivity index (χ0n) is 9.47. The van der Waals surface area contributed by atoms with Crippen molar-refractivity contribution in [2.45, 2.75) is 12.8 Å². The van der Waals surface area contributed by atoms with E-state index in [1.807, 2.05) is 4.90 Å². The Labute approximate surface area is 109 Å². The Bertz CT molecular complexity index is 411. The molecule has 1 atom stereocenters. The number of rotatable bonds is 3. The van der Waals surface area contributed by atoms with Gasteiger partial charge in [0.05, 0.1) is 5.56 Å². The monoisotopic (exact) mass is 298 g/mol. The molecule has 1 aromatic heterocycles. The number of amides is 1. The van der Waals surface area contributed by atoms with Gasteiger partial charge in [-0.2, -0.15) is 0 Å². The van der Waals surface area contributed by atoms with Gasteiger partial charge in [-0.15, -0.1) is 0 Å². The summed E-state index contributed by atoms with van der Waals surface area (Å²) < 4.78 is 0.593. The van der Waals surface area contributed by atoms with E-state index in [1.54, 1.807) is 18.3 Å². The number of hydrogen-bond donors (Lipinski definition) is 1. The van der Waals surface area contributed by atoms with Crippen molar-refractivity contribution in [3.8, 4) is 0 Å². The number of aliphatic hydroxyl groups excluding tert-OH is 1. The highest BCUT2D eigenvalue weighted by Gasteiger charge is 2.27. The Morgan fingerprint density at radius 1 is 1.65 bits per heavy atom. The van der Waals surface area contributed by atoms with E-state index in [0.717, 1.165) is 25.9 Å². The maximum Gasteiger partial charge on any atom is 0.256 e. The molecular formula is C12H15BrN2O2. The molecule has 4 nitrogen and oxygen atoms in total. The van der Waals surface area contributed by atoms with Crippen LogP contribution in [-0.4, -0.2) is 40.6 Å². The van der Waals surface area contributed by atoms with Gasteiger partial charge in [0.2, 0.25) is 0 Å². The topological polar surface area (TPSA) is 53.4 Å². The van der Waals surface area contributed by atoms with E-state index in [4.69, 9.17) is 5.11 Å². The van der Waals surface area contributed by atoms with Crippen molar-refractivity contribution in [1.29, 1.82) is 0 Å². The van der Waals surface area contributed by atoms with E-state index < -0.39 is 0 Å². The van der Waals surface area contributed by atoms with Gasteiger partial charge in [-0.25, -0.2) is 4.98 Å². The standard InChI is InChI=1S/C12H15BrN2O2/c13-11-10(2-1-5-14-11)12(17)15-6-3-9(8-15)4-7-16/h1-2,5,9,16H,3-4,6-8H2. The second-order valence-electron chi connectivity index (χ2n) is 4.26. The first-order valence-corrected chi connectivity index (χ1v) is 6.52. The van der Waals surface area contributed by atoms with Crippen LogP contribution in [0.3, 0.4) is 0 Å². The molecule has 2 heterocycles. The Hall–Kier alpha value is -0.940. The first-order valence-electron chi connectivity index (χ1n) is 5.73. The third-order valence-corrected chi connectivity index (χ3v) is 3.73. The van der Waals surface area contributed by atoms with Crippen molar-refractivity contribution >= 4 is 21.8 Å². The minimum atomic E-state index is 0.0189. The van der Waals surface area contributed by atoms with Crippen molar-refractivity contribution in [3.63, 3.8) is 0 Å². The molecular weight excluding hydrogens is 284 g/mol. The molecule has 1 amide bonds. The summed E-state index contributed by atoms with van der Waals surface area (Å²) >= 11 is 3.29. The molecule has 0 radical (unpaired) electrons. The van der Waals surface area contributed by atoms with Gasteiger partial charge in [0, 0.05) is 25.9 Å². The first-order chi connectivity index (χ1) is 8.22. The van der Waals surface area contributed by atoms with E-state index in [0.29, 0.717) is 16.1 Å². The van der Waals surface area contributed by atoms with Crippen LogP contribution in [0.1, 0.15) is 23.2 Å². The van der Waals surface area contributed by atoms with Crippen molar-refractivity contribution in [3.05, 3.63) is 28.5 Å². The normalized spacial score (nSPS) is 19.6.